The van der Waals surface area contributed by atoms with Crippen molar-refractivity contribution in [1.82, 2.24) is 15.3 Å². The molecular weight excluding hydrogens is 242 g/mol. The fraction of sp³-hybridized carbons (Fsp3) is 0.286. The maximum Gasteiger partial charge on any atom is 0.261 e. The average molecular weight is 259 g/mol. The molecule has 5 nitrogen and oxygen atoms in total. The molecule has 0 aliphatic rings. The van der Waals surface area contributed by atoms with Gasteiger partial charge in [0.2, 0.25) is 0 Å². The summed E-state index contributed by atoms with van der Waals surface area (Å²) in [4.78, 5) is 18.8. The highest BCUT2D eigenvalue weighted by atomic mass is 16.5. The summed E-state index contributed by atoms with van der Waals surface area (Å²) in [6.07, 6.45) is 2.82. The Morgan fingerprint density at radius 1 is 1.42 bits per heavy atom. The second kappa shape index (κ2) is 6.04. The van der Waals surface area contributed by atoms with Gasteiger partial charge >= 0.3 is 0 Å². The normalized spacial score (nSPS) is 11.9. The van der Waals surface area contributed by atoms with E-state index in [9.17, 15) is 4.79 Å². The Balaban J connectivity index is 1.83. The maximum absolute atomic E-state index is 11.8. The molecule has 0 saturated heterocycles. The molecule has 0 saturated carbocycles. The minimum absolute atomic E-state index is 0.169. The molecule has 2 aromatic rings. The molecule has 2 N–H and O–H groups in total. The standard InChI is InChI=1S/C14H17N3O2/c1-10-3-5-12(6-4-10)19-11(2)14(18)17-9-13-15-7-8-16-13/h3-8,11H,9H2,1-2H3,(H,15,16)(H,17,18). The minimum atomic E-state index is -0.544. The molecule has 100 valence electrons. The number of nitrogens with zero attached hydrogens (tertiary/aromatic N) is 1. The molecule has 0 aliphatic heterocycles. The number of ether oxygens (including phenoxy) is 1. The number of imidazole rings is 1. The fourth-order valence-corrected chi connectivity index (χ4v) is 1.58. The van der Waals surface area contributed by atoms with Gasteiger partial charge in [0.15, 0.2) is 6.10 Å². The third kappa shape index (κ3) is 3.84. The van der Waals surface area contributed by atoms with Crippen LogP contribution in [-0.4, -0.2) is 22.0 Å². The van der Waals surface area contributed by atoms with Crippen molar-refractivity contribution in [2.24, 2.45) is 0 Å². The van der Waals surface area contributed by atoms with Gasteiger partial charge in [0.25, 0.3) is 5.91 Å². The molecule has 0 fully saturated rings. The Morgan fingerprint density at radius 2 is 2.16 bits per heavy atom. The molecule has 1 heterocycles. The number of aryl methyl sites for hydroxylation is 1. The van der Waals surface area contributed by atoms with Crippen LogP contribution in [-0.2, 0) is 11.3 Å². The number of H-pyrrole nitrogens is 1. The van der Waals surface area contributed by atoms with E-state index in [2.05, 4.69) is 15.3 Å². The highest BCUT2D eigenvalue weighted by molar-refractivity contribution is 5.80. The van der Waals surface area contributed by atoms with E-state index < -0.39 is 6.10 Å². The molecule has 1 atom stereocenters. The lowest BCUT2D eigenvalue weighted by atomic mass is 10.2. The Hall–Kier alpha value is -2.30. The Kier molecular flexibility index (Phi) is 4.18. The number of carbonyl (C=O) groups excluding carboxylic acids is 1. The van der Waals surface area contributed by atoms with E-state index in [0.717, 1.165) is 11.4 Å². The van der Waals surface area contributed by atoms with Crippen molar-refractivity contribution >= 4 is 5.91 Å². The van der Waals surface area contributed by atoms with E-state index in [1.54, 1.807) is 19.3 Å². The van der Waals surface area contributed by atoms with Gasteiger partial charge < -0.3 is 15.0 Å². The van der Waals surface area contributed by atoms with Gasteiger partial charge in [0.05, 0.1) is 6.54 Å². The summed E-state index contributed by atoms with van der Waals surface area (Å²) in [6, 6.07) is 7.60. The zero-order valence-corrected chi connectivity index (χ0v) is 11.0. The van der Waals surface area contributed by atoms with E-state index in [1.165, 1.54) is 0 Å². The van der Waals surface area contributed by atoms with E-state index in [0.29, 0.717) is 12.3 Å². The van der Waals surface area contributed by atoms with Gasteiger partial charge in [-0.25, -0.2) is 4.98 Å². The summed E-state index contributed by atoms with van der Waals surface area (Å²) >= 11 is 0. The molecule has 0 radical (unpaired) electrons. The number of aromatic nitrogens is 2. The maximum atomic E-state index is 11.8. The number of aromatic amines is 1. The fourth-order valence-electron chi connectivity index (χ4n) is 1.58. The van der Waals surface area contributed by atoms with Crippen LogP contribution in [0.4, 0.5) is 0 Å². The second-order valence-electron chi connectivity index (χ2n) is 4.33. The third-order valence-electron chi connectivity index (χ3n) is 2.69. The van der Waals surface area contributed by atoms with E-state index >= 15 is 0 Å². The number of benzene rings is 1. The summed E-state index contributed by atoms with van der Waals surface area (Å²) in [7, 11) is 0. The predicted molar refractivity (Wildman–Crippen MR) is 71.7 cm³/mol. The molecular formula is C14H17N3O2. The molecule has 0 spiro atoms. The molecule has 1 amide bonds. The van der Waals surface area contributed by atoms with Gasteiger partial charge in [-0.3, -0.25) is 4.79 Å². The van der Waals surface area contributed by atoms with Crippen LogP contribution in [0.2, 0.25) is 0 Å². The van der Waals surface area contributed by atoms with Crippen molar-refractivity contribution in [2.75, 3.05) is 0 Å². The summed E-state index contributed by atoms with van der Waals surface area (Å²) in [5, 5.41) is 2.76. The van der Waals surface area contributed by atoms with Crippen LogP contribution in [0.1, 0.15) is 18.3 Å². The number of hydrogen-bond acceptors (Lipinski definition) is 3. The SMILES string of the molecule is Cc1ccc(OC(C)C(=O)NCc2ncc[nH]2)cc1. The first kappa shape index (κ1) is 13.1. The van der Waals surface area contributed by atoms with Crippen LogP contribution in [0, 0.1) is 6.92 Å². The van der Waals surface area contributed by atoms with Crippen LogP contribution >= 0.6 is 0 Å². The van der Waals surface area contributed by atoms with Crippen molar-refractivity contribution in [1.29, 1.82) is 0 Å². The lowest BCUT2D eigenvalue weighted by Gasteiger charge is -2.14. The van der Waals surface area contributed by atoms with Crippen molar-refractivity contribution in [3.8, 4) is 5.75 Å². The molecule has 1 aromatic heterocycles. The molecule has 2 rings (SSSR count). The van der Waals surface area contributed by atoms with Gasteiger partial charge in [-0.05, 0) is 26.0 Å². The predicted octanol–water partition coefficient (Wildman–Crippen LogP) is 1.80. The molecule has 1 aromatic carbocycles. The van der Waals surface area contributed by atoms with Crippen LogP contribution in [0.15, 0.2) is 36.7 Å². The summed E-state index contributed by atoms with van der Waals surface area (Å²) in [6.45, 7) is 4.09. The number of hydrogen-bond donors (Lipinski definition) is 2. The van der Waals surface area contributed by atoms with Crippen molar-refractivity contribution in [3.63, 3.8) is 0 Å². The monoisotopic (exact) mass is 259 g/mol. The first-order valence-electron chi connectivity index (χ1n) is 6.14. The molecule has 0 bridgehead atoms. The lowest BCUT2D eigenvalue weighted by Crippen LogP contribution is -2.36. The molecule has 19 heavy (non-hydrogen) atoms. The summed E-state index contributed by atoms with van der Waals surface area (Å²) < 4.78 is 5.56. The number of amides is 1. The van der Waals surface area contributed by atoms with E-state index in [-0.39, 0.29) is 5.91 Å². The van der Waals surface area contributed by atoms with Crippen molar-refractivity contribution in [3.05, 3.63) is 48.0 Å². The average Bonchev–Trinajstić information content (AvgIpc) is 2.91. The van der Waals surface area contributed by atoms with Gasteiger partial charge in [0, 0.05) is 12.4 Å². The lowest BCUT2D eigenvalue weighted by molar-refractivity contribution is -0.127. The Bertz CT molecular complexity index is 520. The quantitative estimate of drug-likeness (QED) is 0.860. The molecule has 5 heteroatoms. The number of rotatable bonds is 5. The van der Waals surface area contributed by atoms with Gasteiger partial charge in [-0.1, -0.05) is 17.7 Å². The smallest absolute Gasteiger partial charge is 0.261 e. The van der Waals surface area contributed by atoms with Crippen LogP contribution in [0.25, 0.3) is 0 Å². The van der Waals surface area contributed by atoms with Crippen LogP contribution in [0.3, 0.4) is 0 Å². The van der Waals surface area contributed by atoms with Crippen molar-refractivity contribution < 1.29 is 9.53 Å². The summed E-state index contributed by atoms with van der Waals surface area (Å²) in [5.41, 5.74) is 1.15. The Morgan fingerprint density at radius 3 is 2.79 bits per heavy atom. The van der Waals surface area contributed by atoms with Crippen LogP contribution in [0.5, 0.6) is 5.75 Å². The first-order valence-corrected chi connectivity index (χ1v) is 6.14. The first-order chi connectivity index (χ1) is 9.15. The highest BCUT2D eigenvalue weighted by Gasteiger charge is 2.14. The van der Waals surface area contributed by atoms with Gasteiger partial charge in [0.1, 0.15) is 11.6 Å². The van der Waals surface area contributed by atoms with Gasteiger partial charge in [-0.15, -0.1) is 0 Å². The van der Waals surface area contributed by atoms with Gasteiger partial charge in [-0.2, -0.15) is 0 Å². The number of carbonyl (C=O) groups is 1. The Labute approximate surface area is 112 Å². The van der Waals surface area contributed by atoms with Crippen molar-refractivity contribution in [2.45, 2.75) is 26.5 Å². The van der Waals surface area contributed by atoms with E-state index in [4.69, 9.17) is 4.74 Å². The largest absolute Gasteiger partial charge is 0.481 e. The highest BCUT2D eigenvalue weighted by Crippen LogP contribution is 2.13. The summed E-state index contributed by atoms with van der Waals surface area (Å²) in [5.74, 6) is 1.24. The molecule has 0 aliphatic carbocycles. The third-order valence-corrected chi connectivity index (χ3v) is 2.69. The second-order valence-corrected chi connectivity index (χ2v) is 4.33. The zero-order chi connectivity index (χ0) is 13.7. The number of nitrogens with one attached hydrogen (secondary N) is 2. The van der Waals surface area contributed by atoms with E-state index in [1.807, 2.05) is 31.2 Å². The zero-order valence-electron chi connectivity index (χ0n) is 11.0. The topological polar surface area (TPSA) is 67.0 Å². The minimum Gasteiger partial charge on any atom is -0.481 e. The molecule has 1 unspecified atom stereocenters. The van der Waals surface area contributed by atoms with Crippen LogP contribution < -0.4 is 10.1 Å².